The van der Waals surface area contributed by atoms with E-state index in [1.807, 2.05) is 0 Å². The molecule has 0 aromatic carbocycles. The maximum Gasteiger partial charge on any atom is 0.358 e. The third-order valence-electron chi connectivity index (χ3n) is 2.07. The van der Waals surface area contributed by atoms with Crippen molar-refractivity contribution in [2.45, 2.75) is 26.3 Å². The number of esters is 1. The van der Waals surface area contributed by atoms with Gasteiger partial charge in [0.25, 0.3) is 0 Å². The smallest absolute Gasteiger partial charge is 0.358 e. The van der Waals surface area contributed by atoms with Crippen molar-refractivity contribution in [1.82, 2.24) is 10.2 Å². The summed E-state index contributed by atoms with van der Waals surface area (Å²) in [6, 6.07) is 3.64. The van der Waals surface area contributed by atoms with Crippen LogP contribution in [0.2, 0.25) is 0 Å². The molecule has 1 N–H and O–H groups in total. The first-order chi connectivity index (χ1) is 7.17. The molecule has 0 amide bonds. The highest BCUT2D eigenvalue weighted by atomic mass is 16.5. The summed E-state index contributed by atoms with van der Waals surface area (Å²) in [7, 11) is 1.31. The summed E-state index contributed by atoms with van der Waals surface area (Å²) in [6.07, 6.45) is 1.00. The first-order valence-electron chi connectivity index (χ1n) is 4.86. The Labute approximate surface area is 88.9 Å². The van der Waals surface area contributed by atoms with Crippen molar-refractivity contribution < 1.29 is 9.53 Å². The Morgan fingerprint density at radius 2 is 2.27 bits per heavy atom. The van der Waals surface area contributed by atoms with Crippen LogP contribution in [-0.4, -0.2) is 29.3 Å². The fourth-order valence-corrected chi connectivity index (χ4v) is 0.977. The molecule has 0 saturated heterocycles. The van der Waals surface area contributed by atoms with Crippen LogP contribution in [0.5, 0.6) is 0 Å². The highest BCUT2D eigenvalue weighted by molar-refractivity contribution is 5.86. The number of nitrogens with zero attached hydrogens (tertiary/aromatic N) is 2. The SMILES string of the molecule is CCC(C)Nc1ccc(C(=O)OC)nn1. The zero-order chi connectivity index (χ0) is 11.3. The molecule has 1 aromatic rings. The number of nitrogens with one attached hydrogen (secondary N) is 1. The average molecular weight is 209 g/mol. The first kappa shape index (κ1) is 11.4. The minimum Gasteiger partial charge on any atom is -0.464 e. The molecule has 15 heavy (non-hydrogen) atoms. The lowest BCUT2D eigenvalue weighted by molar-refractivity contribution is 0.0593. The fraction of sp³-hybridized carbons (Fsp3) is 0.500. The van der Waals surface area contributed by atoms with E-state index in [0.717, 1.165) is 6.42 Å². The summed E-state index contributed by atoms with van der Waals surface area (Å²) < 4.78 is 4.52. The van der Waals surface area contributed by atoms with Crippen LogP contribution in [0.3, 0.4) is 0 Å². The number of hydrogen-bond acceptors (Lipinski definition) is 5. The molecule has 0 spiro atoms. The first-order valence-corrected chi connectivity index (χ1v) is 4.86. The number of aromatic nitrogens is 2. The van der Waals surface area contributed by atoms with Gasteiger partial charge in [-0.3, -0.25) is 0 Å². The second-order valence-corrected chi connectivity index (χ2v) is 3.25. The zero-order valence-electron chi connectivity index (χ0n) is 9.15. The highest BCUT2D eigenvalue weighted by Gasteiger charge is 2.07. The maximum atomic E-state index is 11.1. The average Bonchev–Trinajstić information content (AvgIpc) is 2.29. The van der Waals surface area contributed by atoms with Gasteiger partial charge < -0.3 is 10.1 Å². The number of carbonyl (C=O) groups is 1. The van der Waals surface area contributed by atoms with Gasteiger partial charge in [0.05, 0.1) is 7.11 Å². The number of rotatable bonds is 4. The number of anilines is 1. The number of hydrogen-bond donors (Lipinski definition) is 1. The Bertz CT molecular complexity index is 324. The Kier molecular flexibility index (Phi) is 4.03. The van der Waals surface area contributed by atoms with E-state index in [4.69, 9.17) is 0 Å². The van der Waals surface area contributed by atoms with Crippen LogP contribution in [0.4, 0.5) is 5.82 Å². The molecule has 0 radical (unpaired) electrons. The molecule has 82 valence electrons. The largest absolute Gasteiger partial charge is 0.464 e. The minimum absolute atomic E-state index is 0.215. The molecular weight excluding hydrogens is 194 g/mol. The van der Waals surface area contributed by atoms with Gasteiger partial charge in [0, 0.05) is 6.04 Å². The predicted molar refractivity (Wildman–Crippen MR) is 56.7 cm³/mol. The van der Waals surface area contributed by atoms with E-state index in [9.17, 15) is 4.79 Å². The fourth-order valence-electron chi connectivity index (χ4n) is 0.977. The van der Waals surface area contributed by atoms with Crippen molar-refractivity contribution in [2.24, 2.45) is 0 Å². The zero-order valence-corrected chi connectivity index (χ0v) is 9.15. The molecule has 0 fully saturated rings. The summed E-state index contributed by atoms with van der Waals surface area (Å²) in [5, 5.41) is 10.8. The summed E-state index contributed by atoms with van der Waals surface area (Å²) in [5.74, 6) is 0.189. The van der Waals surface area contributed by atoms with E-state index in [0.29, 0.717) is 11.9 Å². The molecule has 5 heteroatoms. The van der Waals surface area contributed by atoms with E-state index in [1.54, 1.807) is 12.1 Å². The molecule has 1 heterocycles. The van der Waals surface area contributed by atoms with Crippen molar-refractivity contribution in [1.29, 1.82) is 0 Å². The predicted octanol–water partition coefficient (Wildman–Crippen LogP) is 1.47. The Balaban J connectivity index is 2.68. The third kappa shape index (κ3) is 3.19. The second kappa shape index (κ2) is 5.29. The Hall–Kier alpha value is -1.65. The third-order valence-corrected chi connectivity index (χ3v) is 2.07. The molecule has 0 bridgehead atoms. The standard InChI is InChI=1S/C10H15N3O2/c1-4-7(2)11-9-6-5-8(12-13-9)10(14)15-3/h5-7H,4H2,1-3H3,(H,11,13). The summed E-state index contributed by atoms with van der Waals surface area (Å²) in [5.41, 5.74) is 0.215. The quantitative estimate of drug-likeness (QED) is 0.761. The van der Waals surface area contributed by atoms with E-state index < -0.39 is 5.97 Å². The molecular formula is C10H15N3O2. The molecule has 1 rings (SSSR count). The van der Waals surface area contributed by atoms with Crippen molar-refractivity contribution in [3.05, 3.63) is 17.8 Å². The van der Waals surface area contributed by atoms with Crippen LogP contribution in [0.25, 0.3) is 0 Å². The van der Waals surface area contributed by atoms with Gasteiger partial charge in [-0.05, 0) is 25.5 Å². The summed E-state index contributed by atoms with van der Waals surface area (Å²) in [4.78, 5) is 11.1. The van der Waals surface area contributed by atoms with Crippen LogP contribution in [-0.2, 0) is 4.74 Å². The molecule has 0 aliphatic carbocycles. The number of methoxy groups -OCH3 is 1. The van der Waals surface area contributed by atoms with Gasteiger partial charge in [-0.25, -0.2) is 4.79 Å². The van der Waals surface area contributed by atoms with Gasteiger partial charge in [0.2, 0.25) is 0 Å². The Morgan fingerprint density at radius 3 is 2.73 bits per heavy atom. The molecule has 0 aliphatic heterocycles. The number of ether oxygens (including phenoxy) is 1. The van der Waals surface area contributed by atoms with Gasteiger partial charge in [-0.15, -0.1) is 10.2 Å². The Morgan fingerprint density at radius 1 is 1.53 bits per heavy atom. The molecule has 0 saturated carbocycles. The van der Waals surface area contributed by atoms with E-state index in [1.165, 1.54) is 7.11 Å². The van der Waals surface area contributed by atoms with E-state index in [2.05, 4.69) is 34.1 Å². The topological polar surface area (TPSA) is 64.1 Å². The van der Waals surface area contributed by atoms with E-state index in [-0.39, 0.29) is 5.69 Å². The second-order valence-electron chi connectivity index (χ2n) is 3.25. The normalized spacial score (nSPS) is 11.9. The van der Waals surface area contributed by atoms with Gasteiger partial charge in [-0.2, -0.15) is 0 Å². The van der Waals surface area contributed by atoms with Gasteiger partial charge in [0.15, 0.2) is 5.69 Å². The van der Waals surface area contributed by atoms with Crippen LogP contribution < -0.4 is 5.32 Å². The molecule has 5 nitrogen and oxygen atoms in total. The van der Waals surface area contributed by atoms with Crippen molar-refractivity contribution in [3.8, 4) is 0 Å². The lowest BCUT2D eigenvalue weighted by atomic mass is 10.2. The van der Waals surface area contributed by atoms with Crippen LogP contribution in [0.1, 0.15) is 30.8 Å². The highest BCUT2D eigenvalue weighted by Crippen LogP contribution is 2.05. The summed E-state index contributed by atoms with van der Waals surface area (Å²) in [6.45, 7) is 4.13. The van der Waals surface area contributed by atoms with Gasteiger partial charge >= 0.3 is 5.97 Å². The van der Waals surface area contributed by atoms with Crippen LogP contribution in [0, 0.1) is 0 Å². The lowest BCUT2D eigenvalue weighted by Gasteiger charge is -2.10. The minimum atomic E-state index is -0.474. The van der Waals surface area contributed by atoms with Crippen molar-refractivity contribution in [3.63, 3.8) is 0 Å². The van der Waals surface area contributed by atoms with Crippen LogP contribution >= 0.6 is 0 Å². The van der Waals surface area contributed by atoms with Crippen LogP contribution in [0.15, 0.2) is 12.1 Å². The monoisotopic (exact) mass is 209 g/mol. The number of carbonyl (C=O) groups excluding carboxylic acids is 1. The summed E-state index contributed by atoms with van der Waals surface area (Å²) >= 11 is 0. The molecule has 0 aliphatic rings. The van der Waals surface area contributed by atoms with Gasteiger partial charge in [-0.1, -0.05) is 6.92 Å². The maximum absolute atomic E-state index is 11.1. The van der Waals surface area contributed by atoms with Crippen molar-refractivity contribution in [2.75, 3.05) is 12.4 Å². The molecule has 1 aromatic heterocycles. The lowest BCUT2D eigenvalue weighted by Crippen LogP contribution is -2.15. The molecule has 1 atom stereocenters. The van der Waals surface area contributed by atoms with E-state index >= 15 is 0 Å². The molecule has 1 unspecified atom stereocenters. The van der Waals surface area contributed by atoms with Crippen molar-refractivity contribution >= 4 is 11.8 Å². The van der Waals surface area contributed by atoms with Gasteiger partial charge in [0.1, 0.15) is 5.82 Å².